The third-order valence-electron chi connectivity index (χ3n) is 4.16. The Balaban J connectivity index is 1.44. The first-order chi connectivity index (χ1) is 13.5. The van der Waals surface area contributed by atoms with Crippen LogP contribution in [0, 0.1) is 5.82 Å². The van der Waals surface area contributed by atoms with Crippen molar-refractivity contribution < 1.29 is 9.18 Å². The highest BCUT2D eigenvalue weighted by Crippen LogP contribution is 2.36. The summed E-state index contributed by atoms with van der Waals surface area (Å²) in [7, 11) is 0. The highest BCUT2D eigenvalue weighted by molar-refractivity contribution is 7.14. The summed E-state index contributed by atoms with van der Waals surface area (Å²) >= 11 is 7.32. The molecule has 0 saturated carbocycles. The molecule has 6 nitrogen and oxygen atoms in total. The third kappa shape index (κ3) is 3.64. The van der Waals surface area contributed by atoms with Crippen LogP contribution < -0.4 is 21.3 Å². The van der Waals surface area contributed by atoms with Gasteiger partial charge in [0.1, 0.15) is 23.3 Å². The van der Waals surface area contributed by atoms with Crippen LogP contribution in [0.2, 0.25) is 5.02 Å². The summed E-state index contributed by atoms with van der Waals surface area (Å²) in [6.45, 7) is 0.442. The Morgan fingerprint density at radius 2 is 1.86 bits per heavy atom. The molecule has 1 aliphatic heterocycles. The Hall–Kier alpha value is -3.10. The first-order valence-electron chi connectivity index (χ1n) is 8.30. The summed E-state index contributed by atoms with van der Waals surface area (Å²) in [4.78, 5) is 18.5. The van der Waals surface area contributed by atoms with Gasteiger partial charge < -0.3 is 21.3 Å². The number of carbonyl (C=O) groups excluding carboxylic acids is 1. The van der Waals surface area contributed by atoms with E-state index in [0.29, 0.717) is 23.9 Å². The lowest BCUT2D eigenvalue weighted by Crippen LogP contribution is -2.27. The van der Waals surface area contributed by atoms with Crippen LogP contribution in [0.5, 0.6) is 0 Å². The average Bonchev–Trinajstić information content (AvgIpc) is 3.17. The number of aliphatic imine (C=N–C) groups is 1. The number of fused-ring (bicyclic) bond motifs is 1. The predicted octanol–water partition coefficient (Wildman–Crippen LogP) is 5.00. The average molecular weight is 416 g/mol. The highest BCUT2D eigenvalue weighted by atomic mass is 35.5. The molecule has 1 aliphatic rings. The minimum absolute atomic E-state index is 0.0556. The minimum atomic E-state index is -0.541. The zero-order valence-corrected chi connectivity index (χ0v) is 16.0. The molecule has 0 saturated heterocycles. The van der Waals surface area contributed by atoms with E-state index in [1.54, 1.807) is 23.5 Å². The van der Waals surface area contributed by atoms with Crippen LogP contribution in [0.25, 0.3) is 0 Å². The number of benzene rings is 2. The van der Waals surface area contributed by atoms with E-state index in [1.165, 1.54) is 18.2 Å². The molecule has 28 heavy (non-hydrogen) atoms. The van der Waals surface area contributed by atoms with Gasteiger partial charge in [-0.15, -0.1) is 11.3 Å². The molecule has 2 heterocycles. The normalized spacial score (nSPS) is 12.9. The van der Waals surface area contributed by atoms with E-state index in [4.69, 9.17) is 17.3 Å². The molecule has 0 spiro atoms. The molecule has 0 unspecified atom stereocenters. The van der Waals surface area contributed by atoms with Gasteiger partial charge in [0.25, 0.3) is 0 Å². The molecule has 0 aliphatic carbocycles. The van der Waals surface area contributed by atoms with Gasteiger partial charge in [-0.2, -0.15) is 0 Å². The summed E-state index contributed by atoms with van der Waals surface area (Å²) < 4.78 is 13.2. The number of nitrogens with zero attached hydrogens (tertiary/aromatic N) is 2. The van der Waals surface area contributed by atoms with Gasteiger partial charge in [0.15, 0.2) is 0 Å². The van der Waals surface area contributed by atoms with E-state index in [0.717, 1.165) is 16.3 Å². The molecule has 9 heteroatoms. The molecule has 3 aromatic rings. The van der Waals surface area contributed by atoms with Crippen LogP contribution in [0.15, 0.2) is 58.9 Å². The monoisotopic (exact) mass is 415 g/mol. The summed E-state index contributed by atoms with van der Waals surface area (Å²) in [6.07, 6.45) is 0. The fraction of sp³-hybridized carbons (Fsp3) is 0.0526. The highest BCUT2D eigenvalue weighted by Gasteiger charge is 2.21. The Morgan fingerprint density at radius 1 is 1.14 bits per heavy atom. The Kier molecular flexibility index (Phi) is 4.89. The number of halogens is 2. The fourth-order valence-electron chi connectivity index (χ4n) is 2.79. The summed E-state index contributed by atoms with van der Waals surface area (Å²) in [5.74, 6) is 0.00395. The van der Waals surface area contributed by atoms with Crippen molar-refractivity contribution in [2.45, 2.75) is 0 Å². The number of nitrogens with one attached hydrogen (secondary N) is 2. The molecular formula is C19H15ClFN5OS. The maximum absolute atomic E-state index is 13.2. The quantitative estimate of drug-likeness (QED) is 0.563. The van der Waals surface area contributed by atoms with E-state index < -0.39 is 11.8 Å². The Morgan fingerprint density at radius 3 is 2.61 bits per heavy atom. The van der Waals surface area contributed by atoms with Gasteiger partial charge in [0.2, 0.25) is 0 Å². The van der Waals surface area contributed by atoms with E-state index in [9.17, 15) is 9.18 Å². The van der Waals surface area contributed by atoms with Crippen molar-refractivity contribution in [3.63, 3.8) is 0 Å². The number of nitrogens with two attached hydrogens (primary N) is 1. The van der Waals surface area contributed by atoms with Gasteiger partial charge in [-0.05, 0) is 53.9 Å². The SMILES string of the molecule is NC1=NCN(c2ccc(NC(=O)Nc3ccc(F)c(Cl)c3)cc2)c2sccc21. The molecule has 0 radical (unpaired) electrons. The summed E-state index contributed by atoms with van der Waals surface area (Å²) in [6, 6.07) is 12.9. The van der Waals surface area contributed by atoms with Crippen LogP contribution in [0.1, 0.15) is 5.56 Å². The summed E-state index contributed by atoms with van der Waals surface area (Å²) in [5, 5.41) is 8.30. The number of amidine groups is 1. The number of amides is 2. The molecule has 4 rings (SSSR count). The smallest absolute Gasteiger partial charge is 0.323 e. The van der Waals surface area contributed by atoms with Gasteiger partial charge in [-0.25, -0.2) is 14.2 Å². The van der Waals surface area contributed by atoms with Crippen LogP contribution in [0.3, 0.4) is 0 Å². The lowest BCUT2D eigenvalue weighted by atomic mass is 10.2. The molecule has 2 amide bonds. The molecule has 0 fully saturated rings. The summed E-state index contributed by atoms with van der Waals surface area (Å²) in [5.41, 5.74) is 8.81. The van der Waals surface area contributed by atoms with Crippen molar-refractivity contribution in [3.05, 3.63) is 70.3 Å². The molecular weight excluding hydrogens is 401 g/mol. The predicted molar refractivity (Wildman–Crippen MR) is 113 cm³/mol. The zero-order valence-electron chi connectivity index (χ0n) is 14.4. The maximum atomic E-state index is 13.2. The van der Waals surface area contributed by atoms with Gasteiger partial charge >= 0.3 is 6.03 Å². The number of rotatable bonds is 3. The molecule has 1 aromatic heterocycles. The van der Waals surface area contributed by atoms with Crippen molar-refractivity contribution in [1.82, 2.24) is 0 Å². The van der Waals surface area contributed by atoms with E-state index in [2.05, 4.69) is 20.5 Å². The topological polar surface area (TPSA) is 82.8 Å². The number of thiophene rings is 1. The number of hydrogen-bond acceptors (Lipinski definition) is 5. The second-order valence-corrected chi connectivity index (χ2v) is 7.31. The van der Waals surface area contributed by atoms with Crippen molar-refractivity contribution in [2.75, 3.05) is 22.2 Å². The molecule has 142 valence electrons. The number of anilines is 4. The Bertz CT molecular complexity index is 1070. The largest absolute Gasteiger partial charge is 0.383 e. The molecule has 0 bridgehead atoms. The zero-order chi connectivity index (χ0) is 19.7. The molecule has 2 aromatic carbocycles. The first-order valence-corrected chi connectivity index (χ1v) is 9.55. The van der Waals surface area contributed by atoms with Gasteiger partial charge in [0.05, 0.1) is 10.6 Å². The maximum Gasteiger partial charge on any atom is 0.323 e. The first kappa shape index (κ1) is 18.3. The number of hydrogen-bond donors (Lipinski definition) is 3. The molecule has 4 N–H and O–H groups in total. The van der Waals surface area contributed by atoms with Crippen LogP contribution >= 0.6 is 22.9 Å². The second-order valence-electron chi connectivity index (χ2n) is 6.01. The van der Waals surface area contributed by atoms with E-state index >= 15 is 0 Å². The number of urea groups is 1. The van der Waals surface area contributed by atoms with Crippen LogP contribution in [0.4, 0.5) is 31.2 Å². The fourth-order valence-corrected chi connectivity index (χ4v) is 3.90. The second kappa shape index (κ2) is 7.49. The number of carbonyl (C=O) groups is 1. The van der Waals surface area contributed by atoms with E-state index in [1.807, 2.05) is 23.6 Å². The molecule has 0 atom stereocenters. The van der Waals surface area contributed by atoms with Gasteiger partial charge in [-0.1, -0.05) is 11.6 Å². The van der Waals surface area contributed by atoms with Crippen molar-refractivity contribution in [1.29, 1.82) is 0 Å². The third-order valence-corrected chi connectivity index (χ3v) is 5.39. The van der Waals surface area contributed by atoms with Crippen molar-refractivity contribution in [2.24, 2.45) is 10.7 Å². The Labute approximate surface area is 169 Å². The lowest BCUT2D eigenvalue weighted by molar-refractivity contribution is 0.262. The minimum Gasteiger partial charge on any atom is -0.383 e. The van der Waals surface area contributed by atoms with Gasteiger partial charge in [-0.3, -0.25) is 0 Å². The lowest BCUT2D eigenvalue weighted by Gasteiger charge is -2.26. The van der Waals surface area contributed by atoms with Crippen molar-refractivity contribution in [3.8, 4) is 0 Å². The van der Waals surface area contributed by atoms with Crippen LogP contribution in [-0.4, -0.2) is 18.5 Å². The standard InChI is InChI=1S/C19H15ClFN5OS/c20-15-9-12(3-6-16(15)21)25-19(27)24-11-1-4-13(5-2-11)26-10-23-17(22)14-7-8-28-18(14)26/h1-9H,10H2,(H2,22,23)(H2,24,25,27). The van der Waals surface area contributed by atoms with E-state index in [-0.39, 0.29) is 5.02 Å². The van der Waals surface area contributed by atoms with Crippen LogP contribution in [-0.2, 0) is 0 Å². The van der Waals surface area contributed by atoms with Crippen molar-refractivity contribution >= 4 is 56.9 Å². The van der Waals surface area contributed by atoms with Gasteiger partial charge in [0, 0.05) is 17.1 Å².